The average molecular weight is 529 g/mol. The molecule has 190 valence electrons. The first kappa shape index (κ1) is 26.2. The van der Waals surface area contributed by atoms with Crippen molar-refractivity contribution in [1.29, 1.82) is 0 Å². The molecule has 2 heterocycles. The zero-order valence-electron chi connectivity index (χ0n) is 19.7. The summed E-state index contributed by atoms with van der Waals surface area (Å²) in [5.41, 5.74) is 11.2. The molecule has 0 fully saturated rings. The fourth-order valence-corrected chi connectivity index (χ4v) is 3.79. The summed E-state index contributed by atoms with van der Waals surface area (Å²) < 4.78 is 0. The van der Waals surface area contributed by atoms with Crippen molar-refractivity contribution in [3.8, 4) is 23.1 Å². The lowest BCUT2D eigenvalue weighted by atomic mass is 10.0. The number of nitrogen functional groups attached to an aromatic ring is 1. The first-order valence-electron chi connectivity index (χ1n) is 11.2. The molecule has 0 aliphatic rings. The summed E-state index contributed by atoms with van der Waals surface area (Å²) in [6, 6.07) is 13.9. The quantitative estimate of drug-likeness (QED) is 0.109. The van der Waals surface area contributed by atoms with E-state index in [0.29, 0.717) is 33.3 Å². The van der Waals surface area contributed by atoms with Gasteiger partial charge in [-0.15, -0.1) is 0 Å². The molecule has 2 aromatic heterocycles. The SMILES string of the molecule is NCC(NC(=O)c1ccc(C#Cc2ccc(-c3cc(C(=O)NN)c4cnccc4n3)cc2)c(Cl)c1)C(=O)O. The Labute approximate surface area is 222 Å². The molecule has 38 heavy (non-hydrogen) atoms. The first-order chi connectivity index (χ1) is 18.3. The van der Waals surface area contributed by atoms with Gasteiger partial charge in [0, 0.05) is 46.6 Å². The lowest BCUT2D eigenvalue weighted by molar-refractivity contribution is -0.138. The smallest absolute Gasteiger partial charge is 0.327 e. The van der Waals surface area contributed by atoms with Gasteiger partial charge in [-0.1, -0.05) is 35.6 Å². The van der Waals surface area contributed by atoms with Crippen LogP contribution >= 0.6 is 11.6 Å². The van der Waals surface area contributed by atoms with Crippen molar-refractivity contribution < 1.29 is 19.5 Å². The summed E-state index contributed by atoms with van der Waals surface area (Å²) in [5.74, 6) is 9.04. The predicted molar refractivity (Wildman–Crippen MR) is 142 cm³/mol. The van der Waals surface area contributed by atoms with Crippen molar-refractivity contribution in [3.63, 3.8) is 0 Å². The van der Waals surface area contributed by atoms with Crippen molar-refractivity contribution >= 4 is 40.3 Å². The largest absolute Gasteiger partial charge is 0.480 e. The Balaban J connectivity index is 1.55. The Kier molecular flexibility index (Phi) is 7.94. The number of carboxylic acid groups (broad SMARTS) is 1. The Hall–Kier alpha value is -4.82. The van der Waals surface area contributed by atoms with Gasteiger partial charge in [0.15, 0.2) is 0 Å². The molecule has 0 radical (unpaired) electrons. The van der Waals surface area contributed by atoms with Crippen molar-refractivity contribution in [3.05, 3.63) is 94.3 Å². The molecule has 2 amide bonds. The number of rotatable bonds is 6. The van der Waals surface area contributed by atoms with E-state index in [1.165, 1.54) is 12.1 Å². The number of fused-ring (bicyclic) bond motifs is 1. The van der Waals surface area contributed by atoms with Gasteiger partial charge in [0.25, 0.3) is 11.8 Å². The predicted octanol–water partition coefficient (Wildman–Crippen LogP) is 2.10. The highest BCUT2D eigenvalue weighted by molar-refractivity contribution is 6.32. The summed E-state index contributed by atoms with van der Waals surface area (Å²) in [5, 5.41) is 12.2. The van der Waals surface area contributed by atoms with E-state index in [9.17, 15) is 14.4 Å². The summed E-state index contributed by atoms with van der Waals surface area (Å²) in [4.78, 5) is 44.4. The topological polar surface area (TPSA) is 173 Å². The minimum absolute atomic E-state index is 0.186. The molecular weight excluding hydrogens is 508 g/mol. The van der Waals surface area contributed by atoms with Crippen molar-refractivity contribution in [2.75, 3.05) is 6.54 Å². The number of nitrogens with zero attached hydrogens (tertiary/aromatic N) is 2. The van der Waals surface area contributed by atoms with E-state index in [4.69, 9.17) is 28.3 Å². The van der Waals surface area contributed by atoms with Gasteiger partial charge in [0.05, 0.1) is 21.8 Å². The highest BCUT2D eigenvalue weighted by Gasteiger charge is 2.19. The van der Waals surface area contributed by atoms with Crippen LogP contribution in [0.15, 0.2) is 67.0 Å². The minimum Gasteiger partial charge on any atom is -0.480 e. The van der Waals surface area contributed by atoms with Gasteiger partial charge in [-0.2, -0.15) is 0 Å². The maximum absolute atomic E-state index is 12.3. The summed E-state index contributed by atoms with van der Waals surface area (Å²) >= 11 is 6.30. The molecule has 4 rings (SSSR count). The van der Waals surface area contributed by atoms with E-state index >= 15 is 0 Å². The van der Waals surface area contributed by atoms with E-state index in [0.717, 1.165) is 5.56 Å². The van der Waals surface area contributed by atoms with Crippen LogP contribution in [-0.2, 0) is 4.79 Å². The van der Waals surface area contributed by atoms with E-state index in [-0.39, 0.29) is 17.1 Å². The van der Waals surface area contributed by atoms with Gasteiger partial charge in [-0.25, -0.2) is 15.6 Å². The average Bonchev–Trinajstić information content (AvgIpc) is 2.94. The fraction of sp³-hybridized carbons (Fsp3) is 0.0741. The maximum Gasteiger partial charge on any atom is 0.327 e. The highest BCUT2D eigenvalue weighted by Crippen LogP contribution is 2.25. The Morgan fingerprint density at radius 1 is 1.03 bits per heavy atom. The number of halogens is 1. The van der Waals surface area contributed by atoms with E-state index < -0.39 is 23.8 Å². The first-order valence-corrected chi connectivity index (χ1v) is 11.6. The zero-order valence-corrected chi connectivity index (χ0v) is 20.5. The number of hydrazine groups is 1. The molecule has 2 aromatic carbocycles. The second-order valence-corrected chi connectivity index (χ2v) is 8.45. The fourth-order valence-electron chi connectivity index (χ4n) is 3.57. The van der Waals surface area contributed by atoms with Gasteiger partial charge in [0.2, 0.25) is 0 Å². The number of carboxylic acids is 1. The number of amides is 2. The van der Waals surface area contributed by atoms with Crippen LogP contribution in [0, 0.1) is 11.8 Å². The van der Waals surface area contributed by atoms with Crippen LogP contribution < -0.4 is 22.3 Å². The van der Waals surface area contributed by atoms with Crippen LogP contribution in [0.4, 0.5) is 0 Å². The standard InChI is InChI=1S/C27H21ClN6O4/c28-21-11-18(25(35)33-24(13-29)27(37)38)8-7-16(21)4-1-15-2-5-17(6-3-15)23-12-19(26(36)34-30)20-14-31-10-9-22(20)32-23/h2-3,5-12,14,24H,13,29-30H2,(H,33,35)(H,34,36)(H,37,38). The summed E-state index contributed by atoms with van der Waals surface area (Å²) in [6.45, 7) is -0.240. The molecule has 0 saturated carbocycles. The normalized spacial score (nSPS) is 11.2. The van der Waals surface area contributed by atoms with Crippen molar-refractivity contribution in [1.82, 2.24) is 20.7 Å². The number of carbonyl (C=O) groups is 3. The minimum atomic E-state index is -1.23. The van der Waals surface area contributed by atoms with E-state index in [2.05, 4.69) is 32.6 Å². The Bertz CT molecular complexity index is 1610. The molecule has 4 aromatic rings. The number of aromatic nitrogens is 2. The van der Waals surface area contributed by atoms with Gasteiger partial charge in [-0.3, -0.25) is 20.0 Å². The molecule has 7 N–H and O–H groups in total. The van der Waals surface area contributed by atoms with Gasteiger partial charge < -0.3 is 16.2 Å². The zero-order chi connectivity index (χ0) is 27.2. The third kappa shape index (κ3) is 5.77. The van der Waals surface area contributed by atoms with Crippen LogP contribution in [0.25, 0.3) is 22.2 Å². The Morgan fingerprint density at radius 2 is 1.79 bits per heavy atom. The molecule has 11 heteroatoms. The van der Waals surface area contributed by atoms with Crippen LogP contribution in [0.5, 0.6) is 0 Å². The molecule has 0 saturated heterocycles. The number of hydrogen-bond donors (Lipinski definition) is 5. The molecule has 1 atom stereocenters. The van der Waals surface area contributed by atoms with Gasteiger partial charge >= 0.3 is 5.97 Å². The van der Waals surface area contributed by atoms with Crippen LogP contribution in [0.1, 0.15) is 31.8 Å². The van der Waals surface area contributed by atoms with Crippen LogP contribution in [-0.4, -0.2) is 45.4 Å². The van der Waals surface area contributed by atoms with Crippen molar-refractivity contribution in [2.45, 2.75) is 6.04 Å². The van der Waals surface area contributed by atoms with Gasteiger partial charge in [-0.05, 0) is 42.5 Å². The van der Waals surface area contributed by atoms with E-state index in [1.54, 1.807) is 42.7 Å². The highest BCUT2D eigenvalue weighted by atomic mass is 35.5. The lowest BCUT2D eigenvalue weighted by Crippen LogP contribution is -2.45. The number of benzene rings is 2. The monoisotopic (exact) mass is 528 g/mol. The number of nitrogens with one attached hydrogen (secondary N) is 2. The number of hydrogen-bond acceptors (Lipinski definition) is 7. The number of aliphatic carboxylic acids is 1. The third-order valence-corrected chi connectivity index (χ3v) is 5.89. The second kappa shape index (κ2) is 11.5. The van der Waals surface area contributed by atoms with Crippen molar-refractivity contribution in [2.24, 2.45) is 11.6 Å². The molecule has 0 bridgehead atoms. The molecular formula is C27H21ClN6O4. The number of nitrogens with two attached hydrogens (primary N) is 2. The molecule has 0 spiro atoms. The Morgan fingerprint density at radius 3 is 2.45 bits per heavy atom. The maximum atomic E-state index is 12.3. The second-order valence-electron chi connectivity index (χ2n) is 8.04. The summed E-state index contributed by atoms with van der Waals surface area (Å²) in [7, 11) is 0. The lowest BCUT2D eigenvalue weighted by Gasteiger charge is -2.12. The molecule has 10 nitrogen and oxygen atoms in total. The number of carbonyl (C=O) groups excluding carboxylic acids is 2. The van der Waals surface area contributed by atoms with Gasteiger partial charge in [0.1, 0.15) is 6.04 Å². The third-order valence-electron chi connectivity index (χ3n) is 5.58. The van der Waals surface area contributed by atoms with Crippen LogP contribution in [0.3, 0.4) is 0 Å². The van der Waals surface area contributed by atoms with Crippen LogP contribution in [0.2, 0.25) is 5.02 Å². The molecule has 0 aliphatic heterocycles. The number of pyridine rings is 2. The molecule has 1 unspecified atom stereocenters. The summed E-state index contributed by atoms with van der Waals surface area (Å²) in [6.07, 6.45) is 3.16. The van der Waals surface area contributed by atoms with E-state index in [1.807, 2.05) is 12.1 Å². The molecule has 0 aliphatic carbocycles.